The number of nitrogens with zero attached hydrogens (tertiary/aromatic N) is 1. The summed E-state index contributed by atoms with van der Waals surface area (Å²) >= 11 is 0. The molecule has 0 radical (unpaired) electrons. The van der Waals surface area contributed by atoms with Crippen LogP contribution in [0.1, 0.15) is 22.3 Å². The Kier molecular flexibility index (Phi) is 5.80. The van der Waals surface area contributed by atoms with Crippen molar-refractivity contribution in [3.05, 3.63) is 124 Å². The van der Waals surface area contributed by atoms with E-state index in [9.17, 15) is 4.79 Å². The molecule has 30 heavy (non-hydrogen) atoms. The lowest BCUT2D eigenvalue weighted by Crippen LogP contribution is -2.19. The maximum Gasteiger partial charge on any atom is 0.250 e. The summed E-state index contributed by atoms with van der Waals surface area (Å²) in [5, 5.41) is 0. The van der Waals surface area contributed by atoms with Crippen molar-refractivity contribution in [2.75, 3.05) is 7.11 Å². The molecule has 0 aliphatic carbocycles. The predicted octanol–water partition coefficient (Wildman–Crippen LogP) is 5.47. The summed E-state index contributed by atoms with van der Waals surface area (Å²) in [5.41, 5.74) is 6.96. The van der Waals surface area contributed by atoms with E-state index >= 15 is 0 Å². The van der Waals surface area contributed by atoms with Gasteiger partial charge in [0.05, 0.1) is 13.7 Å². The lowest BCUT2D eigenvalue weighted by atomic mass is 9.94. The molecule has 0 aliphatic heterocycles. The van der Waals surface area contributed by atoms with Crippen molar-refractivity contribution in [3.63, 3.8) is 0 Å². The van der Waals surface area contributed by atoms with Gasteiger partial charge in [0.25, 0.3) is 5.56 Å². The molecule has 3 heteroatoms. The molecular weight excluding hydrogens is 370 g/mol. The zero-order chi connectivity index (χ0) is 20.9. The molecule has 3 aromatic carbocycles. The fourth-order valence-electron chi connectivity index (χ4n) is 3.65. The van der Waals surface area contributed by atoms with E-state index in [2.05, 4.69) is 43.3 Å². The van der Waals surface area contributed by atoms with Crippen molar-refractivity contribution >= 4 is 0 Å². The van der Waals surface area contributed by atoms with Gasteiger partial charge in [-0.15, -0.1) is 0 Å². The zero-order valence-electron chi connectivity index (χ0n) is 17.3. The number of rotatable bonds is 6. The van der Waals surface area contributed by atoms with Crippen LogP contribution in [0.3, 0.4) is 0 Å². The first-order valence-corrected chi connectivity index (χ1v) is 10.1. The van der Waals surface area contributed by atoms with Crippen molar-refractivity contribution in [1.29, 1.82) is 0 Å². The average Bonchev–Trinajstić information content (AvgIpc) is 2.78. The molecule has 4 aromatic rings. The van der Waals surface area contributed by atoms with Crippen LogP contribution in [-0.2, 0) is 13.0 Å². The molecule has 1 heterocycles. The van der Waals surface area contributed by atoms with Crippen molar-refractivity contribution in [2.45, 2.75) is 19.9 Å². The average molecular weight is 396 g/mol. The molecule has 0 saturated carbocycles. The standard InChI is InChI=1S/C27H25NO2/c1-20-8-11-23(12-9-20)26-17-25(30-2)14-13-24(26)16-22-10-15-27(29)28(19-22)18-21-6-4-3-5-7-21/h3-15,17,19H,16,18H2,1-2H3. The van der Waals surface area contributed by atoms with Gasteiger partial charge in [-0.3, -0.25) is 4.79 Å². The van der Waals surface area contributed by atoms with Gasteiger partial charge in [-0.2, -0.15) is 0 Å². The molecule has 0 amide bonds. The third-order valence-corrected chi connectivity index (χ3v) is 5.31. The Balaban J connectivity index is 1.68. The van der Waals surface area contributed by atoms with Gasteiger partial charge in [-0.05, 0) is 53.3 Å². The van der Waals surface area contributed by atoms with Crippen molar-refractivity contribution in [3.8, 4) is 16.9 Å². The van der Waals surface area contributed by atoms with Crippen LogP contribution in [0.5, 0.6) is 5.75 Å². The minimum absolute atomic E-state index is 0.0103. The van der Waals surface area contributed by atoms with Gasteiger partial charge < -0.3 is 9.30 Å². The summed E-state index contributed by atoms with van der Waals surface area (Å²) in [4.78, 5) is 12.4. The molecule has 1 aromatic heterocycles. The largest absolute Gasteiger partial charge is 0.497 e. The van der Waals surface area contributed by atoms with Gasteiger partial charge in [-0.1, -0.05) is 72.3 Å². The van der Waals surface area contributed by atoms with Crippen LogP contribution >= 0.6 is 0 Å². The monoisotopic (exact) mass is 395 g/mol. The quantitative estimate of drug-likeness (QED) is 0.433. The first kappa shape index (κ1) is 19.7. The number of pyridine rings is 1. The summed E-state index contributed by atoms with van der Waals surface area (Å²) in [5.74, 6) is 0.836. The Morgan fingerprint density at radius 3 is 2.33 bits per heavy atom. The van der Waals surface area contributed by atoms with E-state index < -0.39 is 0 Å². The number of benzene rings is 3. The van der Waals surface area contributed by atoms with Crippen molar-refractivity contribution in [1.82, 2.24) is 4.57 Å². The van der Waals surface area contributed by atoms with E-state index in [0.717, 1.165) is 34.4 Å². The van der Waals surface area contributed by atoms with E-state index in [-0.39, 0.29) is 5.56 Å². The van der Waals surface area contributed by atoms with Gasteiger partial charge in [-0.25, -0.2) is 0 Å². The molecule has 0 saturated heterocycles. The summed E-state index contributed by atoms with van der Waals surface area (Å²) in [6, 6.07) is 28.4. The molecule has 0 unspecified atom stereocenters. The molecule has 150 valence electrons. The Bertz CT molecular complexity index is 1190. The fraction of sp³-hybridized carbons (Fsp3) is 0.148. The SMILES string of the molecule is COc1ccc(Cc2ccc(=O)n(Cc3ccccc3)c2)c(-c2ccc(C)cc2)c1. The summed E-state index contributed by atoms with van der Waals surface area (Å²) in [6.45, 7) is 2.66. The first-order valence-electron chi connectivity index (χ1n) is 10.1. The third-order valence-electron chi connectivity index (χ3n) is 5.31. The summed E-state index contributed by atoms with van der Waals surface area (Å²) < 4.78 is 7.24. The molecule has 0 spiro atoms. The topological polar surface area (TPSA) is 31.2 Å². The predicted molar refractivity (Wildman–Crippen MR) is 122 cm³/mol. The van der Waals surface area contributed by atoms with Crippen LogP contribution in [0.2, 0.25) is 0 Å². The second-order valence-corrected chi connectivity index (χ2v) is 7.55. The minimum atomic E-state index is 0.0103. The smallest absolute Gasteiger partial charge is 0.250 e. The fourth-order valence-corrected chi connectivity index (χ4v) is 3.65. The zero-order valence-corrected chi connectivity index (χ0v) is 17.3. The van der Waals surface area contributed by atoms with E-state index in [1.807, 2.05) is 48.7 Å². The van der Waals surface area contributed by atoms with Crippen molar-refractivity contribution in [2.24, 2.45) is 0 Å². The van der Waals surface area contributed by atoms with Crippen LogP contribution in [0.15, 0.2) is 95.9 Å². The van der Waals surface area contributed by atoms with Crippen LogP contribution < -0.4 is 10.3 Å². The maximum atomic E-state index is 12.4. The van der Waals surface area contributed by atoms with Gasteiger partial charge in [0.1, 0.15) is 5.75 Å². The minimum Gasteiger partial charge on any atom is -0.497 e. The highest BCUT2D eigenvalue weighted by molar-refractivity contribution is 5.70. The van der Waals surface area contributed by atoms with E-state index in [0.29, 0.717) is 6.54 Å². The number of aromatic nitrogens is 1. The van der Waals surface area contributed by atoms with Crippen LogP contribution in [0.4, 0.5) is 0 Å². The van der Waals surface area contributed by atoms with Crippen LogP contribution in [0.25, 0.3) is 11.1 Å². The molecule has 4 rings (SSSR count). The maximum absolute atomic E-state index is 12.4. The second-order valence-electron chi connectivity index (χ2n) is 7.55. The Labute approximate surface area is 177 Å². The van der Waals surface area contributed by atoms with Crippen LogP contribution in [-0.4, -0.2) is 11.7 Å². The molecule has 0 N–H and O–H groups in total. The highest BCUT2D eigenvalue weighted by Crippen LogP contribution is 2.30. The van der Waals surface area contributed by atoms with Gasteiger partial charge in [0.2, 0.25) is 0 Å². The summed E-state index contributed by atoms with van der Waals surface area (Å²) in [7, 11) is 1.69. The van der Waals surface area contributed by atoms with E-state index in [4.69, 9.17) is 4.74 Å². The van der Waals surface area contributed by atoms with Gasteiger partial charge in [0, 0.05) is 12.3 Å². The van der Waals surface area contributed by atoms with E-state index in [1.54, 1.807) is 17.7 Å². The third kappa shape index (κ3) is 4.52. The lowest BCUT2D eigenvalue weighted by Gasteiger charge is -2.14. The lowest BCUT2D eigenvalue weighted by molar-refractivity contribution is 0.415. The molecule has 0 aliphatic rings. The van der Waals surface area contributed by atoms with Gasteiger partial charge >= 0.3 is 0 Å². The van der Waals surface area contributed by atoms with Gasteiger partial charge in [0.15, 0.2) is 0 Å². The molecule has 0 bridgehead atoms. The van der Waals surface area contributed by atoms with E-state index in [1.165, 1.54) is 11.1 Å². The first-order chi connectivity index (χ1) is 14.6. The molecule has 3 nitrogen and oxygen atoms in total. The Hall–Kier alpha value is -3.59. The van der Waals surface area contributed by atoms with Crippen molar-refractivity contribution < 1.29 is 4.74 Å². The van der Waals surface area contributed by atoms with Crippen LogP contribution in [0, 0.1) is 6.92 Å². The summed E-state index contributed by atoms with van der Waals surface area (Å²) in [6.07, 6.45) is 2.71. The molecule has 0 atom stereocenters. The number of ether oxygens (including phenoxy) is 1. The Morgan fingerprint density at radius 2 is 1.60 bits per heavy atom. The second kappa shape index (κ2) is 8.83. The number of methoxy groups -OCH3 is 1. The molecular formula is C27H25NO2. The molecule has 0 fully saturated rings. The number of aryl methyl sites for hydroxylation is 1. The highest BCUT2D eigenvalue weighted by Gasteiger charge is 2.09. The highest BCUT2D eigenvalue weighted by atomic mass is 16.5. The normalized spacial score (nSPS) is 10.7. The Morgan fingerprint density at radius 1 is 0.833 bits per heavy atom. The number of hydrogen-bond acceptors (Lipinski definition) is 2. The number of hydrogen-bond donors (Lipinski definition) is 0.